The Morgan fingerprint density at radius 1 is 1.33 bits per heavy atom. The Morgan fingerprint density at radius 3 is 2.56 bits per heavy atom. The lowest BCUT2D eigenvalue weighted by Gasteiger charge is -2.10. The van der Waals surface area contributed by atoms with Gasteiger partial charge in [0.15, 0.2) is 0 Å². The summed E-state index contributed by atoms with van der Waals surface area (Å²) in [6, 6.07) is 4.37. The van der Waals surface area contributed by atoms with Crippen LogP contribution in [0.4, 0.5) is 5.69 Å². The van der Waals surface area contributed by atoms with Crippen LogP contribution in [0.3, 0.4) is 0 Å². The lowest BCUT2D eigenvalue weighted by Crippen LogP contribution is -2.14. The van der Waals surface area contributed by atoms with Crippen molar-refractivity contribution in [2.24, 2.45) is 5.92 Å². The van der Waals surface area contributed by atoms with E-state index in [1.165, 1.54) is 18.2 Å². The zero-order chi connectivity index (χ0) is 13.7. The van der Waals surface area contributed by atoms with E-state index in [9.17, 15) is 14.7 Å². The Balaban J connectivity index is 2.80. The van der Waals surface area contributed by atoms with Gasteiger partial charge < -0.3 is 15.5 Å². The molecule has 1 amide bonds. The van der Waals surface area contributed by atoms with E-state index in [1.54, 1.807) is 0 Å². The first-order valence-electron chi connectivity index (χ1n) is 5.72. The molecule has 1 aromatic rings. The topological polar surface area (TPSA) is 86.6 Å². The maximum Gasteiger partial charge on any atom is 0.307 e. The fraction of sp³-hybridized carbons (Fsp3) is 0.385. The molecule has 0 fully saturated rings. The highest BCUT2D eigenvalue weighted by molar-refractivity contribution is 5.92. The molecule has 0 aliphatic heterocycles. The number of carbonyl (C=O) groups excluding carboxylic acids is 1. The summed E-state index contributed by atoms with van der Waals surface area (Å²) in [4.78, 5) is 22.2. The van der Waals surface area contributed by atoms with E-state index in [-0.39, 0.29) is 29.7 Å². The summed E-state index contributed by atoms with van der Waals surface area (Å²) in [6.07, 6.45) is 0.204. The second-order valence-corrected chi connectivity index (χ2v) is 4.57. The van der Waals surface area contributed by atoms with Gasteiger partial charge in [-0.15, -0.1) is 0 Å². The molecule has 0 unspecified atom stereocenters. The molecule has 1 aromatic carbocycles. The van der Waals surface area contributed by atoms with E-state index in [0.717, 1.165) is 0 Å². The Morgan fingerprint density at radius 2 is 2.00 bits per heavy atom. The molecule has 18 heavy (non-hydrogen) atoms. The van der Waals surface area contributed by atoms with E-state index in [1.807, 2.05) is 13.8 Å². The summed E-state index contributed by atoms with van der Waals surface area (Å²) in [5, 5.41) is 20.8. The minimum atomic E-state index is -0.958. The first-order chi connectivity index (χ1) is 8.38. The summed E-state index contributed by atoms with van der Waals surface area (Å²) in [5.41, 5.74) is 0.777. The minimum Gasteiger partial charge on any atom is -0.506 e. The molecule has 0 atom stereocenters. The highest BCUT2D eigenvalue weighted by Crippen LogP contribution is 2.24. The average molecular weight is 251 g/mol. The van der Waals surface area contributed by atoms with Crippen molar-refractivity contribution in [1.82, 2.24) is 0 Å². The Hall–Kier alpha value is -2.04. The highest BCUT2D eigenvalue weighted by Gasteiger charge is 2.10. The molecule has 98 valence electrons. The number of nitrogens with one attached hydrogen (secondary N) is 1. The number of amides is 1. The molecule has 0 saturated carbocycles. The number of rotatable bonds is 5. The largest absolute Gasteiger partial charge is 0.506 e. The van der Waals surface area contributed by atoms with E-state index >= 15 is 0 Å². The summed E-state index contributed by atoms with van der Waals surface area (Å²) in [7, 11) is 0. The van der Waals surface area contributed by atoms with Crippen LogP contribution in [0, 0.1) is 5.92 Å². The number of anilines is 1. The maximum absolute atomic E-state index is 11.6. The summed E-state index contributed by atoms with van der Waals surface area (Å²) in [6.45, 7) is 3.83. The van der Waals surface area contributed by atoms with E-state index in [2.05, 4.69) is 5.32 Å². The van der Waals surface area contributed by atoms with Crippen molar-refractivity contribution in [2.45, 2.75) is 26.7 Å². The van der Waals surface area contributed by atoms with Crippen LogP contribution in [0.25, 0.3) is 0 Å². The van der Waals surface area contributed by atoms with Crippen LogP contribution in [-0.4, -0.2) is 22.1 Å². The van der Waals surface area contributed by atoms with Gasteiger partial charge in [0.05, 0.1) is 12.1 Å². The molecule has 0 spiro atoms. The monoisotopic (exact) mass is 251 g/mol. The van der Waals surface area contributed by atoms with Crippen LogP contribution >= 0.6 is 0 Å². The molecule has 0 saturated heterocycles. The molecule has 0 bridgehead atoms. The number of phenolic OH excluding ortho intramolecular Hbond substituents is 1. The van der Waals surface area contributed by atoms with Gasteiger partial charge in [-0.2, -0.15) is 0 Å². The molecule has 3 N–H and O–H groups in total. The van der Waals surface area contributed by atoms with Gasteiger partial charge in [0.25, 0.3) is 0 Å². The number of benzene rings is 1. The van der Waals surface area contributed by atoms with Crippen LogP contribution in [0.1, 0.15) is 25.8 Å². The predicted octanol–water partition coefficient (Wildman–Crippen LogP) is 2.00. The first-order valence-corrected chi connectivity index (χ1v) is 5.72. The van der Waals surface area contributed by atoms with Crippen molar-refractivity contribution >= 4 is 17.6 Å². The van der Waals surface area contributed by atoms with Crippen molar-refractivity contribution in [2.75, 3.05) is 5.32 Å². The lowest BCUT2D eigenvalue weighted by molar-refractivity contribution is -0.136. The molecule has 5 nitrogen and oxygen atoms in total. The first kappa shape index (κ1) is 14.0. The Bertz CT molecular complexity index is 454. The fourth-order valence-electron chi connectivity index (χ4n) is 1.54. The summed E-state index contributed by atoms with van der Waals surface area (Å²) >= 11 is 0. The number of hydrogen-bond donors (Lipinski definition) is 3. The third-order valence-electron chi connectivity index (χ3n) is 2.28. The van der Waals surface area contributed by atoms with Gasteiger partial charge in [-0.3, -0.25) is 9.59 Å². The molecule has 0 aliphatic rings. The van der Waals surface area contributed by atoms with Crippen LogP contribution in [0.15, 0.2) is 18.2 Å². The number of hydrogen-bond acceptors (Lipinski definition) is 3. The van der Waals surface area contributed by atoms with Crippen LogP contribution < -0.4 is 5.32 Å². The molecule has 5 heteroatoms. The molecular weight excluding hydrogens is 234 g/mol. The maximum atomic E-state index is 11.6. The molecule has 0 aliphatic carbocycles. The SMILES string of the molecule is CC(C)CC(=O)Nc1cc(CC(=O)O)ccc1O. The van der Waals surface area contributed by atoms with Crippen molar-refractivity contribution < 1.29 is 19.8 Å². The third kappa shape index (κ3) is 4.45. The summed E-state index contributed by atoms with van der Waals surface area (Å²) in [5.74, 6) is -1.01. The van der Waals surface area contributed by atoms with E-state index in [0.29, 0.717) is 12.0 Å². The Kier molecular flexibility index (Phi) is 4.71. The number of aliphatic carboxylic acids is 1. The normalized spacial score (nSPS) is 10.4. The van der Waals surface area contributed by atoms with Gasteiger partial charge >= 0.3 is 5.97 Å². The summed E-state index contributed by atoms with van der Waals surface area (Å²) < 4.78 is 0. The molecular formula is C13H17NO4. The van der Waals surface area contributed by atoms with Gasteiger partial charge in [-0.25, -0.2) is 0 Å². The van der Waals surface area contributed by atoms with Gasteiger partial charge in [-0.05, 0) is 23.6 Å². The number of aromatic hydroxyl groups is 1. The lowest BCUT2D eigenvalue weighted by atomic mass is 10.1. The van der Waals surface area contributed by atoms with Crippen molar-refractivity contribution in [3.8, 4) is 5.75 Å². The molecule has 1 rings (SSSR count). The van der Waals surface area contributed by atoms with E-state index < -0.39 is 5.97 Å². The second-order valence-electron chi connectivity index (χ2n) is 4.57. The van der Waals surface area contributed by atoms with Gasteiger partial charge in [0.2, 0.25) is 5.91 Å². The standard InChI is InChI=1S/C13H17NO4/c1-8(2)5-12(16)14-10-6-9(7-13(17)18)3-4-11(10)15/h3-4,6,8,15H,5,7H2,1-2H3,(H,14,16)(H,17,18). The number of carbonyl (C=O) groups is 2. The zero-order valence-electron chi connectivity index (χ0n) is 10.4. The zero-order valence-corrected chi connectivity index (χ0v) is 10.4. The average Bonchev–Trinajstić information content (AvgIpc) is 2.21. The van der Waals surface area contributed by atoms with Crippen molar-refractivity contribution in [1.29, 1.82) is 0 Å². The number of carboxylic acids is 1. The van der Waals surface area contributed by atoms with Crippen LogP contribution in [0.5, 0.6) is 5.75 Å². The van der Waals surface area contributed by atoms with Crippen molar-refractivity contribution in [3.63, 3.8) is 0 Å². The quantitative estimate of drug-likeness (QED) is 0.698. The van der Waals surface area contributed by atoms with Gasteiger partial charge in [0.1, 0.15) is 5.75 Å². The Labute approximate surface area is 105 Å². The van der Waals surface area contributed by atoms with Gasteiger partial charge in [0, 0.05) is 6.42 Å². The van der Waals surface area contributed by atoms with Gasteiger partial charge in [-0.1, -0.05) is 19.9 Å². The fourth-order valence-corrected chi connectivity index (χ4v) is 1.54. The van der Waals surface area contributed by atoms with Crippen LogP contribution in [-0.2, 0) is 16.0 Å². The molecule has 0 radical (unpaired) electrons. The minimum absolute atomic E-state index is 0.0683. The van der Waals surface area contributed by atoms with Crippen LogP contribution in [0.2, 0.25) is 0 Å². The smallest absolute Gasteiger partial charge is 0.307 e. The van der Waals surface area contributed by atoms with Crippen molar-refractivity contribution in [3.05, 3.63) is 23.8 Å². The number of phenols is 1. The highest BCUT2D eigenvalue weighted by atomic mass is 16.4. The molecule has 0 heterocycles. The van der Waals surface area contributed by atoms with E-state index in [4.69, 9.17) is 5.11 Å². The number of carboxylic acid groups (broad SMARTS) is 1. The second kappa shape index (κ2) is 6.05. The predicted molar refractivity (Wildman–Crippen MR) is 67.5 cm³/mol. The third-order valence-corrected chi connectivity index (χ3v) is 2.28. The molecule has 0 aromatic heterocycles.